The number of amides is 1. The highest BCUT2D eigenvalue weighted by atomic mass is 19.1. The number of H-pyrrole nitrogens is 1. The molecule has 0 radical (unpaired) electrons. The Bertz CT molecular complexity index is 1790. The number of hydrogen-bond donors (Lipinski definition) is 2. The van der Waals surface area contributed by atoms with Crippen LogP contribution in [0.1, 0.15) is 48.8 Å². The summed E-state index contributed by atoms with van der Waals surface area (Å²) in [7, 11) is 1.68. The van der Waals surface area contributed by atoms with Crippen molar-refractivity contribution in [2.45, 2.75) is 53.3 Å². The van der Waals surface area contributed by atoms with Crippen LogP contribution in [0, 0.1) is 13.8 Å². The second-order valence-corrected chi connectivity index (χ2v) is 10.9. The summed E-state index contributed by atoms with van der Waals surface area (Å²) < 4.78 is 24.2. The van der Waals surface area contributed by atoms with E-state index in [-0.39, 0.29) is 11.5 Å². The molecule has 0 atom stereocenters. The quantitative estimate of drug-likeness (QED) is 0.244. The van der Waals surface area contributed by atoms with E-state index in [1.165, 1.54) is 4.57 Å². The lowest BCUT2D eigenvalue weighted by Crippen LogP contribution is -2.23. The first-order valence-corrected chi connectivity index (χ1v) is 13.4. The number of carbonyl (C=O) groups excluding carboxylic acids is 1. The van der Waals surface area contributed by atoms with E-state index in [0.29, 0.717) is 47.4 Å². The monoisotopic (exact) mass is 543 g/mol. The molecule has 0 saturated carbocycles. The maximum absolute atomic E-state index is 14.4. The number of aromatic nitrogens is 4. The molecule has 0 aliphatic carbocycles. The SMILES string of the molecule is CCNC(=O)c1cc2c(-c3cc4c(cnn4CCC(C)(C)F)cc3Oc3c(C)cccc3C)cn(C)c(=O)c2[nH]1. The standard InChI is InChI=1S/C31H34FN5O3/c1-7-33-29(38)24-14-22-23(17-36(6)30(39)27(22)35-24)21-15-25-20(16-34-37(25)12-11-31(4,5)32)13-26(21)40-28-18(2)9-8-10-19(28)3/h8-10,13-17,35H,7,11-12H2,1-6H3,(H,33,38). The average molecular weight is 544 g/mol. The lowest BCUT2D eigenvalue weighted by molar-refractivity contribution is 0.0951. The highest BCUT2D eigenvalue weighted by Crippen LogP contribution is 2.41. The third-order valence-electron chi connectivity index (χ3n) is 7.12. The number of para-hydroxylation sites is 1. The molecule has 40 heavy (non-hydrogen) atoms. The summed E-state index contributed by atoms with van der Waals surface area (Å²) in [6.07, 6.45) is 3.81. The topological polar surface area (TPSA) is 93.9 Å². The number of nitrogens with zero attached hydrogens (tertiary/aromatic N) is 3. The molecule has 0 aliphatic heterocycles. The second-order valence-electron chi connectivity index (χ2n) is 10.9. The number of benzene rings is 2. The molecular weight excluding hydrogens is 509 g/mol. The average Bonchev–Trinajstić information content (AvgIpc) is 3.51. The van der Waals surface area contributed by atoms with Crippen molar-refractivity contribution in [2.75, 3.05) is 6.54 Å². The van der Waals surface area contributed by atoms with Crippen molar-refractivity contribution in [3.8, 4) is 22.6 Å². The Kier molecular flexibility index (Phi) is 6.99. The first kappa shape index (κ1) is 27.2. The molecule has 3 aromatic heterocycles. The van der Waals surface area contributed by atoms with Gasteiger partial charge in [0.1, 0.15) is 28.4 Å². The van der Waals surface area contributed by atoms with Crippen molar-refractivity contribution in [3.05, 3.63) is 76.0 Å². The maximum Gasteiger partial charge on any atom is 0.274 e. The molecule has 3 heterocycles. The van der Waals surface area contributed by atoms with Crippen molar-refractivity contribution in [3.63, 3.8) is 0 Å². The Morgan fingerprint density at radius 1 is 1.15 bits per heavy atom. The number of fused-ring (bicyclic) bond motifs is 2. The number of halogens is 1. The Balaban J connectivity index is 1.77. The normalized spacial score (nSPS) is 11.9. The number of aromatic amines is 1. The Hall–Kier alpha value is -4.40. The van der Waals surface area contributed by atoms with Gasteiger partial charge >= 0.3 is 0 Å². The maximum atomic E-state index is 14.4. The van der Waals surface area contributed by atoms with Crippen LogP contribution in [-0.2, 0) is 13.6 Å². The van der Waals surface area contributed by atoms with Gasteiger partial charge in [0.15, 0.2) is 0 Å². The number of pyridine rings is 1. The van der Waals surface area contributed by atoms with Crippen LogP contribution in [0.2, 0.25) is 0 Å². The summed E-state index contributed by atoms with van der Waals surface area (Å²) in [5.74, 6) is 1.03. The minimum absolute atomic E-state index is 0.247. The van der Waals surface area contributed by atoms with Crippen molar-refractivity contribution in [1.29, 1.82) is 0 Å². The van der Waals surface area contributed by atoms with Gasteiger partial charge in [-0.15, -0.1) is 0 Å². The summed E-state index contributed by atoms with van der Waals surface area (Å²) >= 11 is 0. The third kappa shape index (κ3) is 5.11. The number of alkyl halides is 1. The molecule has 9 heteroatoms. The smallest absolute Gasteiger partial charge is 0.274 e. The van der Waals surface area contributed by atoms with Gasteiger partial charge in [-0.05, 0) is 63.9 Å². The predicted octanol–water partition coefficient (Wildman–Crippen LogP) is 6.18. The van der Waals surface area contributed by atoms with Gasteiger partial charge in [0, 0.05) is 54.7 Å². The molecule has 5 aromatic rings. The second kappa shape index (κ2) is 10.3. The lowest BCUT2D eigenvalue weighted by atomic mass is 10.0. The first-order valence-electron chi connectivity index (χ1n) is 13.4. The van der Waals surface area contributed by atoms with Crippen LogP contribution in [0.3, 0.4) is 0 Å². The van der Waals surface area contributed by atoms with Gasteiger partial charge in [0.25, 0.3) is 11.5 Å². The molecule has 0 fully saturated rings. The number of rotatable bonds is 8. The first-order chi connectivity index (χ1) is 19.0. The molecular formula is C31H34FN5O3. The van der Waals surface area contributed by atoms with Crippen LogP contribution >= 0.6 is 0 Å². The fraction of sp³-hybridized carbons (Fsp3) is 0.323. The van der Waals surface area contributed by atoms with Gasteiger partial charge in [0.2, 0.25) is 0 Å². The molecule has 5 rings (SSSR count). The number of nitrogens with one attached hydrogen (secondary N) is 2. The van der Waals surface area contributed by atoms with Gasteiger partial charge < -0.3 is 19.6 Å². The van der Waals surface area contributed by atoms with Gasteiger partial charge in [0.05, 0.1) is 11.7 Å². The molecule has 8 nitrogen and oxygen atoms in total. The minimum atomic E-state index is -1.34. The van der Waals surface area contributed by atoms with Gasteiger partial charge in [-0.25, -0.2) is 4.39 Å². The van der Waals surface area contributed by atoms with Crippen LogP contribution in [0.4, 0.5) is 4.39 Å². The fourth-order valence-corrected chi connectivity index (χ4v) is 4.95. The van der Waals surface area contributed by atoms with Crippen LogP contribution in [0.25, 0.3) is 32.9 Å². The molecule has 208 valence electrons. The zero-order valence-corrected chi connectivity index (χ0v) is 23.7. The van der Waals surface area contributed by atoms with Crippen molar-refractivity contribution >= 4 is 27.7 Å². The van der Waals surface area contributed by atoms with E-state index in [1.807, 2.05) is 51.1 Å². The van der Waals surface area contributed by atoms with E-state index in [0.717, 1.165) is 33.3 Å². The van der Waals surface area contributed by atoms with E-state index in [1.54, 1.807) is 44.0 Å². The minimum Gasteiger partial charge on any atom is -0.456 e. The summed E-state index contributed by atoms with van der Waals surface area (Å²) in [6, 6.07) is 11.6. The lowest BCUT2D eigenvalue weighted by Gasteiger charge is -2.17. The summed E-state index contributed by atoms with van der Waals surface area (Å²) in [4.78, 5) is 28.8. The van der Waals surface area contributed by atoms with Crippen LogP contribution < -0.4 is 15.6 Å². The number of ether oxygens (including phenoxy) is 1. The van der Waals surface area contributed by atoms with Gasteiger partial charge in [-0.2, -0.15) is 5.10 Å². The van der Waals surface area contributed by atoms with Gasteiger partial charge in [-0.3, -0.25) is 14.3 Å². The van der Waals surface area contributed by atoms with E-state index in [2.05, 4.69) is 15.4 Å². The predicted molar refractivity (Wildman–Crippen MR) is 156 cm³/mol. The summed E-state index contributed by atoms with van der Waals surface area (Å²) in [6.45, 7) is 9.80. The third-order valence-corrected chi connectivity index (χ3v) is 7.12. The van der Waals surface area contributed by atoms with Crippen LogP contribution in [0.15, 0.2) is 53.6 Å². The highest BCUT2D eigenvalue weighted by Gasteiger charge is 2.22. The van der Waals surface area contributed by atoms with Crippen molar-refractivity contribution in [2.24, 2.45) is 7.05 Å². The van der Waals surface area contributed by atoms with Crippen molar-refractivity contribution < 1.29 is 13.9 Å². The van der Waals surface area contributed by atoms with Gasteiger partial charge in [-0.1, -0.05) is 18.2 Å². The van der Waals surface area contributed by atoms with Crippen LogP contribution in [0.5, 0.6) is 11.5 Å². The van der Waals surface area contributed by atoms with E-state index in [9.17, 15) is 14.0 Å². The van der Waals surface area contributed by atoms with Crippen LogP contribution in [-0.4, -0.2) is 37.5 Å². The van der Waals surface area contributed by atoms with Crippen molar-refractivity contribution in [1.82, 2.24) is 24.6 Å². The Morgan fingerprint density at radius 3 is 2.55 bits per heavy atom. The Morgan fingerprint density at radius 2 is 1.88 bits per heavy atom. The molecule has 0 bridgehead atoms. The number of carbonyl (C=O) groups is 1. The Labute approximate surface area is 231 Å². The molecule has 2 aromatic carbocycles. The molecule has 0 aliphatic rings. The van der Waals surface area contributed by atoms with E-state index >= 15 is 0 Å². The molecule has 0 unspecified atom stereocenters. The van der Waals surface area contributed by atoms with E-state index in [4.69, 9.17) is 4.74 Å². The zero-order chi connectivity index (χ0) is 28.8. The molecule has 1 amide bonds. The number of hydrogen-bond acceptors (Lipinski definition) is 4. The van der Waals surface area contributed by atoms with E-state index < -0.39 is 5.67 Å². The highest BCUT2D eigenvalue weighted by molar-refractivity contribution is 6.04. The fourth-order valence-electron chi connectivity index (χ4n) is 4.95. The number of aryl methyl sites for hydroxylation is 4. The molecule has 2 N–H and O–H groups in total. The zero-order valence-electron chi connectivity index (χ0n) is 23.7. The largest absolute Gasteiger partial charge is 0.456 e. The molecule has 0 spiro atoms. The summed E-state index contributed by atoms with van der Waals surface area (Å²) in [5, 5.41) is 8.77. The summed E-state index contributed by atoms with van der Waals surface area (Å²) in [5.41, 5.74) is 3.26. The molecule has 0 saturated heterocycles.